The number of nitrogens with one attached hydrogen (secondary N) is 1. The van der Waals surface area contributed by atoms with Crippen LogP contribution < -0.4 is 0 Å². The summed E-state index contributed by atoms with van der Waals surface area (Å²) in [4.78, 5) is 14.5. The molecule has 0 bridgehead atoms. The van der Waals surface area contributed by atoms with E-state index in [0.29, 0.717) is 11.4 Å². The fourth-order valence-electron chi connectivity index (χ4n) is 2.27. The molecule has 1 heterocycles. The molecule has 0 aliphatic rings. The zero-order chi connectivity index (χ0) is 12.6. The van der Waals surface area contributed by atoms with Gasteiger partial charge in [0.2, 0.25) is 0 Å². The second-order valence-electron chi connectivity index (χ2n) is 4.15. The Labute approximate surface area is 104 Å². The van der Waals surface area contributed by atoms with Gasteiger partial charge in [-0.15, -0.1) is 0 Å². The fraction of sp³-hybridized carbons (Fsp3) is 0.308. The second-order valence-corrected chi connectivity index (χ2v) is 4.59. The number of halogens is 1. The Morgan fingerprint density at radius 1 is 1.53 bits per heavy atom. The SMILES string of the molecule is CCC(C(=O)O)c1c(C)[nH]c2ccc(Cl)cc12. The minimum Gasteiger partial charge on any atom is -0.481 e. The standard InChI is InChI=1S/C13H14ClNO2/c1-3-9(13(16)17)12-7(2)15-11-5-4-8(14)6-10(11)12/h4-6,9,15H,3H2,1-2H3,(H,16,17). The average Bonchev–Trinajstić information content (AvgIpc) is 2.56. The largest absolute Gasteiger partial charge is 0.481 e. The molecule has 1 aromatic carbocycles. The molecule has 90 valence electrons. The highest BCUT2D eigenvalue weighted by Crippen LogP contribution is 2.32. The van der Waals surface area contributed by atoms with Gasteiger partial charge in [0.1, 0.15) is 0 Å². The zero-order valence-electron chi connectivity index (χ0n) is 9.75. The van der Waals surface area contributed by atoms with Crippen LogP contribution in [0.3, 0.4) is 0 Å². The van der Waals surface area contributed by atoms with E-state index < -0.39 is 11.9 Å². The van der Waals surface area contributed by atoms with Gasteiger partial charge in [-0.2, -0.15) is 0 Å². The molecular weight excluding hydrogens is 238 g/mol. The van der Waals surface area contributed by atoms with Crippen molar-refractivity contribution >= 4 is 28.5 Å². The quantitative estimate of drug-likeness (QED) is 0.874. The van der Waals surface area contributed by atoms with Crippen LogP contribution in [0.25, 0.3) is 10.9 Å². The van der Waals surface area contributed by atoms with Crippen molar-refractivity contribution in [3.63, 3.8) is 0 Å². The minimum absolute atomic E-state index is 0.484. The molecule has 2 aromatic rings. The van der Waals surface area contributed by atoms with Gasteiger partial charge in [0.15, 0.2) is 0 Å². The van der Waals surface area contributed by atoms with Gasteiger partial charge in [0, 0.05) is 21.6 Å². The first-order chi connectivity index (χ1) is 8.04. The van der Waals surface area contributed by atoms with Crippen molar-refractivity contribution in [1.82, 2.24) is 4.98 Å². The topological polar surface area (TPSA) is 53.1 Å². The van der Waals surface area contributed by atoms with Gasteiger partial charge in [-0.3, -0.25) is 4.79 Å². The van der Waals surface area contributed by atoms with Gasteiger partial charge in [0.05, 0.1) is 5.92 Å². The number of aliphatic carboxylic acids is 1. The van der Waals surface area contributed by atoms with E-state index in [0.717, 1.165) is 22.2 Å². The lowest BCUT2D eigenvalue weighted by molar-refractivity contribution is -0.138. The molecule has 0 amide bonds. The Bertz CT molecular complexity index is 574. The smallest absolute Gasteiger partial charge is 0.311 e. The number of fused-ring (bicyclic) bond motifs is 1. The fourth-order valence-corrected chi connectivity index (χ4v) is 2.44. The van der Waals surface area contributed by atoms with Crippen molar-refractivity contribution in [2.24, 2.45) is 0 Å². The maximum Gasteiger partial charge on any atom is 0.311 e. The molecule has 0 saturated carbocycles. The summed E-state index contributed by atoms with van der Waals surface area (Å²) in [6.45, 7) is 3.77. The third-order valence-corrected chi connectivity index (χ3v) is 3.29. The summed E-state index contributed by atoms with van der Waals surface area (Å²) < 4.78 is 0. The molecule has 0 aliphatic carbocycles. The van der Waals surface area contributed by atoms with Crippen molar-refractivity contribution in [2.75, 3.05) is 0 Å². The van der Waals surface area contributed by atoms with Gasteiger partial charge in [-0.25, -0.2) is 0 Å². The van der Waals surface area contributed by atoms with Crippen LogP contribution in [-0.2, 0) is 4.79 Å². The highest BCUT2D eigenvalue weighted by atomic mass is 35.5. The number of benzene rings is 1. The first kappa shape index (κ1) is 12.0. The Hall–Kier alpha value is -1.48. The number of carboxylic acid groups (broad SMARTS) is 1. The summed E-state index contributed by atoms with van der Waals surface area (Å²) in [5.41, 5.74) is 2.68. The van der Waals surface area contributed by atoms with Gasteiger partial charge in [-0.05, 0) is 37.1 Å². The maximum absolute atomic E-state index is 11.3. The van der Waals surface area contributed by atoms with Crippen LogP contribution in [0.15, 0.2) is 18.2 Å². The van der Waals surface area contributed by atoms with Crippen LogP contribution in [0, 0.1) is 6.92 Å². The van der Waals surface area contributed by atoms with Crippen molar-refractivity contribution in [1.29, 1.82) is 0 Å². The molecule has 1 aromatic heterocycles. The third kappa shape index (κ3) is 2.03. The van der Waals surface area contributed by atoms with Crippen LogP contribution >= 0.6 is 11.6 Å². The van der Waals surface area contributed by atoms with E-state index in [2.05, 4.69) is 4.98 Å². The number of hydrogen-bond acceptors (Lipinski definition) is 1. The van der Waals surface area contributed by atoms with Crippen molar-refractivity contribution in [2.45, 2.75) is 26.2 Å². The third-order valence-electron chi connectivity index (χ3n) is 3.05. The molecule has 0 spiro atoms. The molecule has 0 aliphatic heterocycles. The number of aryl methyl sites for hydroxylation is 1. The Morgan fingerprint density at radius 3 is 2.82 bits per heavy atom. The lowest BCUT2D eigenvalue weighted by Gasteiger charge is -2.10. The van der Waals surface area contributed by atoms with E-state index in [1.165, 1.54) is 0 Å². The number of H-pyrrole nitrogens is 1. The van der Waals surface area contributed by atoms with E-state index in [1.54, 1.807) is 6.07 Å². The van der Waals surface area contributed by atoms with Crippen LogP contribution in [-0.4, -0.2) is 16.1 Å². The van der Waals surface area contributed by atoms with Gasteiger partial charge in [0.25, 0.3) is 0 Å². The second kappa shape index (κ2) is 4.41. The molecule has 0 radical (unpaired) electrons. The summed E-state index contributed by atoms with van der Waals surface area (Å²) in [6.07, 6.45) is 0.565. The predicted octanol–water partition coefficient (Wildman–Crippen LogP) is 3.71. The van der Waals surface area contributed by atoms with E-state index in [-0.39, 0.29) is 0 Å². The maximum atomic E-state index is 11.3. The number of aromatic nitrogens is 1. The van der Waals surface area contributed by atoms with E-state index >= 15 is 0 Å². The van der Waals surface area contributed by atoms with Crippen molar-refractivity contribution < 1.29 is 9.90 Å². The first-order valence-electron chi connectivity index (χ1n) is 5.55. The first-order valence-corrected chi connectivity index (χ1v) is 5.93. The highest BCUT2D eigenvalue weighted by Gasteiger charge is 2.23. The lowest BCUT2D eigenvalue weighted by atomic mass is 9.94. The van der Waals surface area contributed by atoms with Crippen molar-refractivity contribution in [3.8, 4) is 0 Å². The van der Waals surface area contributed by atoms with Crippen LogP contribution in [0.4, 0.5) is 0 Å². The minimum atomic E-state index is -0.795. The average molecular weight is 252 g/mol. The molecule has 4 heteroatoms. The lowest BCUT2D eigenvalue weighted by Crippen LogP contribution is -2.11. The molecule has 2 N–H and O–H groups in total. The Morgan fingerprint density at radius 2 is 2.24 bits per heavy atom. The molecule has 1 atom stereocenters. The normalized spacial score (nSPS) is 12.9. The summed E-state index contributed by atoms with van der Waals surface area (Å²) in [5.74, 6) is -1.28. The number of carboxylic acids is 1. The van der Waals surface area contributed by atoms with Gasteiger partial charge >= 0.3 is 5.97 Å². The van der Waals surface area contributed by atoms with Crippen molar-refractivity contribution in [3.05, 3.63) is 34.5 Å². The molecule has 0 fully saturated rings. The number of carbonyl (C=O) groups is 1. The summed E-state index contributed by atoms with van der Waals surface area (Å²) in [5, 5.41) is 10.8. The molecule has 17 heavy (non-hydrogen) atoms. The Kier molecular flexibility index (Phi) is 3.11. The zero-order valence-corrected chi connectivity index (χ0v) is 10.5. The molecule has 3 nitrogen and oxygen atoms in total. The number of hydrogen-bond donors (Lipinski definition) is 2. The number of rotatable bonds is 3. The molecule has 0 saturated heterocycles. The number of aromatic amines is 1. The summed E-state index contributed by atoms with van der Waals surface area (Å²) >= 11 is 5.97. The molecular formula is C13H14ClNO2. The van der Waals surface area contributed by atoms with E-state index in [1.807, 2.05) is 26.0 Å². The highest BCUT2D eigenvalue weighted by molar-refractivity contribution is 6.31. The van der Waals surface area contributed by atoms with Crippen LogP contribution in [0.2, 0.25) is 5.02 Å². The van der Waals surface area contributed by atoms with Crippen LogP contribution in [0.5, 0.6) is 0 Å². The predicted molar refractivity (Wildman–Crippen MR) is 68.7 cm³/mol. The van der Waals surface area contributed by atoms with Gasteiger partial charge < -0.3 is 10.1 Å². The summed E-state index contributed by atoms with van der Waals surface area (Å²) in [6, 6.07) is 5.50. The molecule has 1 unspecified atom stereocenters. The van der Waals surface area contributed by atoms with Crippen LogP contribution in [0.1, 0.15) is 30.5 Å². The van der Waals surface area contributed by atoms with E-state index in [9.17, 15) is 9.90 Å². The monoisotopic (exact) mass is 251 g/mol. The van der Waals surface area contributed by atoms with Gasteiger partial charge in [-0.1, -0.05) is 18.5 Å². The van der Waals surface area contributed by atoms with E-state index in [4.69, 9.17) is 11.6 Å². The molecule has 2 rings (SSSR count). The Balaban J connectivity index is 2.70. The summed E-state index contributed by atoms with van der Waals surface area (Å²) in [7, 11) is 0.